The first-order valence-corrected chi connectivity index (χ1v) is 10.8. The van der Waals surface area contributed by atoms with Crippen LogP contribution in [-0.2, 0) is 16.1 Å². The molecule has 0 spiro atoms. The summed E-state index contributed by atoms with van der Waals surface area (Å²) >= 11 is 6.23. The number of nitro groups is 1. The molecule has 0 radical (unpaired) electrons. The lowest BCUT2D eigenvalue weighted by Gasteiger charge is -2.31. The van der Waals surface area contributed by atoms with E-state index >= 15 is 0 Å². The lowest BCUT2D eigenvalue weighted by atomic mass is 9.95. The Kier molecular flexibility index (Phi) is 8.08. The number of amides is 2. The van der Waals surface area contributed by atoms with Gasteiger partial charge in [-0.25, -0.2) is 9.59 Å². The number of hydrogen-bond donors (Lipinski definition) is 2. The molecule has 2 aromatic carbocycles. The number of likely N-dealkylation sites (N-methyl/N-ethyl adjacent to an activating group) is 1. The quantitative estimate of drug-likeness (QED) is 0.314. The number of methoxy groups -OCH3 is 1. The second-order valence-electron chi connectivity index (χ2n) is 7.62. The molecule has 3 rings (SSSR count). The van der Waals surface area contributed by atoms with Crippen LogP contribution in [0, 0.1) is 10.1 Å². The van der Waals surface area contributed by atoms with Gasteiger partial charge in [0.2, 0.25) is 0 Å². The van der Waals surface area contributed by atoms with E-state index in [-0.39, 0.29) is 31.0 Å². The number of nitro benzene ring substituents is 1. The number of urea groups is 1. The topological polar surface area (TPSA) is 123 Å². The molecule has 1 atom stereocenters. The van der Waals surface area contributed by atoms with Crippen molar-refractivity contribution in [2.45, 2.75) is 19.5 Å². The Bertz CT molecular complexity index is 1120. The molecule has 0 aromatic heterocycles. The summed E-state index contributed by atoms with van der Waals surface area (Å²) in [5.74, 6) is 0.0760. The van der Waals surface area contributed by atoms with Gasteiger partial charge in [-0.15, -0.1) is 0 Å². The van der Waals surface area contributed by atoms with E-state index in [0.29, 0.717) is 27.6 Å². The number of rotatable bonds is 9. The lowest BCUT2D eigenvalue weighted by Crippen LogP contribution is -2.48. The van der Waals surface area contributed by atoms with Crippen LogP contribution in [0.15, 0.2) is 53.7 Å². The maximum atomic E-state index is 12.9. The molecule has 0 fully saturated rings. The van der Waals surface area contributed by atoms with Crippen LogP contribution in [0.1, 0.15) is 24.1 Å². The number of benzene rings is 2. The number of halogens is 1. The predicted octanol–water partition coefficient (Wildman–Crippen LogP) is 3.56. The Labute approximate surface area is 201 Å². The van der Waals surface area contributed by atoms with Crippen molar-refractivity contribution >= 4 is 29.3 Å². The van der Waals surface area contributed by atoms with Crippen molar-refractivity contribution in [2.75, 3.05) is 27.3 Å². The average molecular weight is 489 g/mol. The van der Waals surface area contributed by atoms with Gasteiger partial charge >= 0.3 is 12.0 Å². The molecule has 0 aliphatic carbocycles. The van der Waals surface area contributed by atoms with Crippen molar-refractivity contribution in [2.24, 2.45) is 0 Å². The van der Waals surface area contributed by atoms with Crippen LogP contribution in [0.4, 0.5) is 10.5 Å². The third kappa shape index (κ3) is 5.83. The van der Waals surface area contributed by atoms with Gasteiger partial charge in [-0.1, -0.05) is 23.7 Å². The van der Waals surface area contributed by atoms with Crippen LogP contribution in [0.25, 0.3) is 0 Å². The van der Waals surface area contributed by atoms with Crippen LogP contribution in [-0.4, -0.2) is 49.1 Å². The Hall–Kier alpha value is -3.63. The van der Waals surface area contributed by atoms with E-state index in [2.05, 4.69) is 10.6 Å². The molecule has 0 saturated carbocycles. The van der Waals surface area contributed by atoms with E-state index < -0.39 is 23.0 Å². The van der Waals surface area contributed by atoms with Crippen molar-refractivity contribution < 1.29 is 24.0 Å². The van der Waals surface area contributed by atoms with Gasteiger partial charge < -0.3 is 20.1 Å². The van der Waals surface area contributed by atoms with Gasteiger partial charge in [0, 0.05) is 35.9 Å². The smallest absolute Gasteiger partial charge is 0.338 e. The number of nitrogens with one attached hydrogen (secondary N) is 2. The van der Waals surface area contributed by atoms with E-state index in [1.165, 1.54) is 18.2 Å². The molecule has 2 aromatic rings. The predicted molar refractivity (Wildman–Crippen MR) is 126 cm³/mol. The largest absolute Gasteiger partial charge is 0.497 e. The molecule has 1 aliphatic heterocycles. The summed E-state index contributed by atoms with van der Waals surface area (Å²) in [7, 11) is 3.30. The highest BCUT2D eigenvalue weighted by molar-refractivity contribution is 6.31. The zero-order valence-electron chi connectivity index (χ0n) is 19.0. The third-order valence-corrected chi connectivity index (χ3v) is 5.58. The van der Waals surface area contributed by atoms with E-state index in [1.807, 2.05) is 0 Å². The molecule has 1 heterocycles. The van der Waals surface area contributed by atoms with Crippen LogP contribution in [0.2, 0.25) is 5.02 Å². The van der Waals surface area contributed by atoms with Crippen molar-refractivity contribution in [3.63, 3.8) is 0 Å². The molecule has 10 nitrogen and oxygen atoms in total. The molecule has 2 amide bonds. The van der Waals surface area contributed by atoms with Crippen molar-refractivity contribution in [1.29, 1.82) is 0 Å². The summed E-state index contributed by atoms with van der Waals surface area (Å²) in [5, 5.41) is 17.0. The SMILES string of the molecule is CCOC(=O)C1=C(CN(C)Cc2cc([N+](=O)[O-])ccc2Cl)NC(=O)NC1c1ccc(OC)cc1. The summed E-state index contributed by atoms with van der Waals surface area (Å²) in [6, 6.07) is 10.0. The molecule has 0 bridgehead atoms. The zero-order valence-corrected chi connectivity index (χ0v) is 19.7. The third-order valence-electron chi connectivity index (χ3n) is 5.21. The van der Waals surface area contributed by atoms with Gasteiger partial charge in [0.15, 0.2) is 0 Å². The molecular formula is C23H25ClN4O6. The highest BCUT2D eigenvalue weighted by Crippen LogP contribution is 2.30. The van der Waals surface area contributed by atoms with Crippen LogP contribution in [0.3, 0.4) is 0 Å². The maximum Gasteiger partial charge on any atom is 0.338 e. The number of nitrogens with zero attached hydrogens (tertiary/aromatic N) is 2. The highest BCUT2D eigenvalue weighted by atomic mass is 35.5. The number of esters is 1. The minimum Gasteiger partial charge on any atom is -0.497 e. The Morgan fingerprint density at radius 1 is 1.21 bits per heavy atom. The molecule has 2 N–H and O–H groups in total. The minimum atomic E-state index is -0.733. The second-order valence-corrected chi connectivity index (χ2v) is 8.03. The number of carbonyl (C=O) groups excluding carboxylic acids is 2. The summed E-state index contributed by atoms with van der Waals surface area (Å²) in [6.07, 6.45) is 0. The Balaban J connectivity index is 1.94. The fourth-order valence-corrected chi connectivity index (χ4v) is 3.83. The molecule has 1 unspecified atom stereocenters. The first-order valence-electron chi connectivity index (χ1n) is 10.5. The van der Waals surface area contributed by atoms with E-state index in [1.54, 1.807) is 50.2 Å². The highest BCUT2D eigenvalue weighted by Gasteiger charge is 2.34. The summed E-state index contributed by atoms with van der Waals surface area (Å²) in [5.41, 5.74) is 1.79. The number of carbonyl (C=O) groups is 2. The fraction of sp³-hybridized carbons (Fsp3) is 0.304. The van der Waals surface area contributed by atoms with Gasteiger partial charge in [-0.05, 0) is 43.3 Å². The Morgan fingerprint density at radius 3 is 2.53 bits per heavy atom. The zero-order chi connectivity index (χ0) is 24.8. The van der Waals surface area contributed by atoms with Crippen molar-refractivity contribution in [3.05, 3.63) is 80.0 Å². The first-order chi connectivity index (χ1) is 16.2. The van der Waals surface area contributed by atoms with Crippen LogP contribution in [0.5, 0.6) is 5.75 Å². The van der Waals surface area contributed by atoms with Crippen molar-refractivity contribution in [3.8, 4) is 5.75 Å². The first kappa shape index (κ1) is 25.0. The van der Waals surface area contributed by atoms with Gasteiger partial charge in [0.25, 0.3) is 5.69 Å². The van der Waals surface area contributed by atoms with Crippen LogP contribution < -0.4 is 15.4 Å². The molecule has 1 aliphatic rings. The lowest BCUT2D eigenvalue weighted by molar-refractivity contribution is -0.384. The van der Waals surface area contributed by atoms with E-state index in [9.17, 15) is 19.7 Å². The van der Waals surface area contributed by atoms with Crippen molar-refractivity contribution in [1.82, 2.24) is 15.5 Å². The van der Waals surface area contributed by atoms with Gasteiger partial charge in [0.1, 0.15) is 5.75 Å². The normalized spacial score (nSPS) is 15.6. The monoisotopic (exact) mass is 488 g/mol. The standard InChI is InChI=1S/C23H25ClN4O6/c1-4-34-22(29)20-19(13-27(2)12-15-11-16(28(31)32)7-10-18(15)24)25-23(30)26-21(20)14-5-8-17(33-3)9-6-14/h5-11,21H,4,12-13H2,1-3H3,(H2,25,26,30). The maximum absolute atomic E-state index is 12.9. The van der Waals surface area contributed by atoms with Gasteiger partial charge in [0.05, 0.1) is 30.3 Å². The Morgan fingerprint density at radius 2 is 1.91 bits per heavy atom. The van der Waals surface area contributed by atoms with Crippen LogP contribution >= 0.6 is 11.6 Å². The van der Waals surface area contributed by atoms with Gasteiger partial charge in [-0.3, -0.25) is 15.0 Å². The molecular weight excluding hydrogens is 464 g/mol. The second kappa shape index (κ2) is 11.0. The summed E-state index contributed by atoms with van der Waals surface area (Å²) in [6.45, 7) is 2.27. The molecule has 0 saturated heterocycles. The summed E-state index contributed by atoms with van der Waals surface area (Å²) in [4.78, 5) is 37.8. The average Bonchev–Trinajstić information content (AvgIpc) is 2.80. The summed E-state index contributed by atoms with van der Waals surface area (Å²) < 4.78 is 10.5. The molecule has 180 valence electrons. The van der Waals surface area contributed by atoms with Gasteiger partial charge in [-0.2, -0.15) is 0 Å². The number of non-ortho nitro benzene ring substituents is 1. The number of ether oxygens (including phenoxy) is 2. The minimum absolute atomic E-state index is 0.0750. The van der Waals surface area contributed by atoms with E-state index in [4.69, 9.17) is 21.1 Å². The molecule has 34 heavy (non-hydrogen) atoms. The van der Waals surface area contributed by atoms with E-state index in [0.717, 1.165) is 0 Å². The number of hydrogen-bond acceptors (Lipinski definition) is 7. The molecule has 11 heteroatoms. The fourth-order valence-electron chi connectivity index (χ4n) is 3.65.